The monoisotopic (exact) mass is 210 g/mol. The van der Waals surface area contributed by atoms with Crippen LogP contribution in [0.5, 0.6) is 0 Å². The van der Waals surface area contributed by atoms with Crippen LogP contribution in [0.15, 0.2) is 6.08 Å². The Labute approximate surface area is 95.0 Å². The summed E-state index contributed by atoms with van der Waals surface area (Å²) in [6.07, 6.45) is 13.1. The third kappa shape index (κ3) is 11.4. The Kier molecular flexibility index (Phi) is 11.1. The highest BCUT2D eigenvalue weighted by atomic mass is 16.1. The number of unbranched alkanes of at least 4 members (excludes halogenated alkanes) is 5. The van der Waals surface area contributed by atoms with Crippen LogP contribution in [0.25, 0.3) is 0 Å². The first-order chi connectivity index (χ1) is 7.31. The summed E-state index contributed by atoms with van der Waals surface area (Å²) in [5.41, 5.74) is 0. The van der Waals surface area contributed by atoms with Gasteiger partial charge in [-0.05, 0) is 24.8 Å². The molecule has 0 rings (SSSR count). The highest BCUT2D eigenvalue weighted by Crippen LogP contribution is 2.16. The van der Waals surface area contributed by atoms with E-state index in [4.69, 9.17) is 0 Å². The molecular formula is C14H26O. The van der Waals surface area contributed by atoms with E-state index in [2.05, 4.69) is 13.8 Å². The van der Waals surface area contributed by atoms with Gasteiger partial charge in [0.2, 0.25) is 0 Å². The summed E-state index contributed by atoms with van der Waals surface area (Å²) >= 11 is 0. The van der Waals surface area contributed by atoms with Gasteiger partial charge in [0.1, 0.15) is 5.94 Å². The second kappa shape index (κ2) is 11.5. The average Bonchev–Trinajstić information content (AvgIpc) is 2.25. The Bertz CT molecular complexity index is 168. The lowest BCUT2D eigenvalue weighted by Gasteiger charge is -2.09. The summed E-state index contributed by atoms with van der Waals surface area (Å²) in [6.45, 7) is 4.62. The standard InChI is InChI=1S/C14H26O/c1-3-4-11-14(2)12-9-7-5-6-8-10-13-15/h10,14H,3-9,11-12H2,1-2H3. The molecule has 0 spiro atoms. The molecule has 1 nitrogen and oxygen atoms in total. The van der Waals surface area contributed by atoms with Crippen molar-refractivity contribution < 1.29 is 4.79 Å². The fourth-order valence-corrected chi connectivity index (χ4v) is 1.85. The average molecular weight is 210 g/mol. The Morgan fingerprint density at radius 2 is 1.73 bits per heavy atom. The van der Waals surface area contributed by atoms with Gasteiger partial charge in [-0.1, -0.05) is 58.8 Å². The zero-order valence-corrected chi connectivity index (χ0v) is 10.4. The number of rotatable bonds is 10. The fraction of sp³-hybridized carbons (Fsp3) is 0.857. The van der Waals surface area contributed by atoms with E-state index in [1.165, 1.54) is 44.9 Å². The van der Waals surface area contributed by atoms with Crippen LogP contribution in [0.3, 0.4) is 0 Å². The number of hydrogen-bond donors (Lipinski definition) is 0. The van der Waals surface area contributed by atoms with Crippen LogP contribution in [0.2, 0.25) is 0 Å². The molecule has 15 heavy (non-hydrogen) atoms. The van der Waals surface area contributed by atoms with Gasteiger partial charge in [0.25, 0.3) is 0 Å². The Morgan fingerprint density at radius 1 is 1.07 bits per heavy atom. The van der Waals surface area contributed by atoms with Crippen LogP contribution in [-0.4, -0.2) is 5.94 Å². The molecule has 0 fully saturated rings. The maximum absolute atomic E-state index is 9.90. The van der Waals surface area contributed by atoms with Gasteiger partial charge in [-0.2, -0.15) is 0 Å². The summed E-state index contributed by atoms with van der Waals surface area (Å²) in [6, 6.07) is 0. The summed E-state index contributed by atoms with van der Waals surface area (Å²) in [5, 5.41) is 0. The maximum Gasteiger partial charge on any atom is 0.120 e. The summed E-state index contributed by atoms with van der Waals surface area (Å²) in [4.78, 5) is 9.90. The molecule has 1 unspecified atom stereocenters. The van der Waals surface area contributed by atoms with Crippen LogP contribution < -0.4 is 0 Å². The van der Waals surface area contributed by atoms with Gasteiger partial charge in [-0.15, -0.1) is 0 Å². The Hall–Kier alpha value is -0.550. The molecule has 0 N–H and O–H groups in total. The van der Waals surface area contributed by atoms with Gasteiger partial charge in [-0.3, -0.25) is 0 Å². The molecule has 0 radical (unpaired) electrons. The quantitative estimate of drug-likeness (QED) is 0.382. The largest absolute Gasteiger partial charge is 0.234 e. The minimum absolute atomic E-state index is 0.903. The van der Waals surface area contributed by atoms with Crippen molar-refractivity contribution in [2.75, 3.05) is 0 Å². The van der Waals surface area contributed by atoms with E-state index in [0.29, 0.717) is 0 Å². The molecule has 0 aromatic heterocycles. The van der Waals surface area contributed by atoms with E-state index in [-0.39, 0.29) is 0 Å². The Morgan fingerprint density at radius 3 is 2.40 bits per heavy atom. The van der Waals surface area contributed by atoms with Gasteiger partial charge in [0.15, 0.2) is 0 Å². The molecule has 0 aromatic carbocycles. The van der Waals surface area contributed by atoms with Crippen molar-refractivity contribution in [3.05, 3.63) is 6.08 Å². The minimum atomic E-state index is 0.903. The molecule has 0 aromatic rings. The van der Waals surface area contributed by atoms with Crippen molar-refractivity contribution in [2.45, 2.75) is 71.6 Å². The van der Waals surface area contributed by atoms with Crippen LogP contribution in [0, 0.1) is 5.92 Å². The lowest BCUT2D eigenvalue weighted by molar-refractivity contribution is 0.443. The zero-order valence-electron chi connectivity index (χ0n) is 10.4. The minimum Gasteiger partial charge on any atom is -0.234 e. The third-order valence-corrected chi connectivity index (χ3v) is 2.93. The smallest absolute Gasteiger partial charge is 0.120 e. The second-order valence-electron chi connectivity index (χ2n) is 4.56. The van der Waals surface area contributed by atoms with E-state index < -0.39 is 0 Å². The van der Waals surface area contributed by atoms with Crippen molar-refractivity contribution in [2.24, 2.45) is 5.92 Å². The predicted molar refractivity (Wildman–Crippen MR) is 66.7 cm³/mol. The van der Waals surface area contributed by atoms with Crippen molar-refractivity contribution in [3.8, 4) is 0 Å². The van der Waals surface area contributed by atoms with Crippen LogP contribution in [0.1, 0.15) is 71.6 Å². The lowest BCUT2D eigenvalue weighted by atomic mass is 9.97. The predicted octanol–water partition coefficient (Wildman–Crippen LogP) is 4.54. The molecule has 0 aliphatic rings. The van der Waals surface area contributed by atoms with E-state index in [1.54, 1.807) is 6.08 Å². The first-order valence-electron chi connectivity index (χ1n) is 6.50. The molecule has 0 saturated heterocycles. The molecule has 0 bridgehead atoms. The highest BCUT2D eigenvalue weighted by Gasteiger charge is 2.00. The van der Waals surface area contributed by atoms with Crippen molar-refractivity contribution in [3.63, 3.8) is 0 Å². The molecular weight excluding hydrogens is 184 g/mol. The second-order valence-corrected chi connectivity index (χ2v) is 4.56. The van der Waals surface area contributed by atoms with E-state index in [1.807, 2.05) is 5.94 Å². The van der Waals surface area contributed by atoms with Gasteiger partial charge in [0.05, 0.1) is 0 Å². The molecule has 1 heteroatoms. The molecule has 0 saturated carbocycles. The van der Waals surface area contributed by atoms with Gasteiger partial charge < -0.3 is 0 Å². The van der Waals surface area contributed by atoms with E-state index in [9.17, 15) is 4.79 Å². The number of allylic oxidation sites excluding steroid dienone is 1. The van der Waals surface area contributed by atoms with E-state index in [0.717, 1.165) is 18.8 Å². The molecule has 0 aliphatic carbocycles. The molecule has 0 amide bonds. The summed E-state index contributed by atoms with van der Waals surface area (Å²) in [5.74, 6) is 2.73. The normalized spacial score (nSPS) is 12.1. The first kappa shape index (κ1) is 14.5. The van der Waals surface area contributed by atoms with Crippen LogP contribution in [-0.2, 0) is 4.79 Å². The SMILES string of the molecule is CCCCC(C)CCCCCCC=C=O. The van der Waals surface area contributed by atoms with Crippen molar-refractivity contribution >= 4 is 5.94 Å². The molecule has 0 heterocycles. The first-order valence-corrected chi connectivity index (χ1v) is 6.50. The van der Waals surface area contributed by atoms with Gasteiger partial charge >= 0.3 is 0 Å². The third-order valence-electron chi connectivity index (χ3n) is 2.93. The van der Waals surface area contributed by atoms with Crippen molar-refractivity contribution in [1.82, 2.24) is 0 Å². The topological polar surface area (TPSA) is 17.1 Å². The summed E-state index contributed by atoms with van der Waals surface area (Å²) in [7, 11) is 0. The highest BCUT2D eigenvalue weighted by molar-refractivity contribution is 5.44. The zero-order chi connectivity index (χ0) is 11.4. The van der Waals surface area contributed by atoms with Gasteiger partial charge in [0, 0.05) is 0 Å². The number of hydrogen-bond acceptors (Lipinski definition) is 1. The summed E-state index contributed by atoms with van der Waals surface area (Å²) < 4.78 is 0. The maximum atomic E-state index is 9.90. The van der Waals surface area contributed by atoms with E-state index >= 15 is 0 Å². The molecule has 1 atom stereocenters. The number of carbonyl (C=O) groups excluding carboxylic acids is 1. The van der Waals surface area contributed by atoms with Crippen molar-refractivity contribution in [1.29, 1.82) is 0 Å². The molecule has 88 valence electrons. The molecule has 0 aliphatic heterocycles. The lowest BCUT2D eigenvalue weighted by Crippen LogP contribution is -1.94. The van der Waals surface area contributed by atoms with Crippen LogP contribution in [0.4, 0.5) is 0 Å². The van der Waals surface area contributed by atoms with Crippen LogP contribution >= 0.6 is 0 Å². The van der Waals surface area contributed by atoms with Gasteiger partial charge in [-0.25, -0.2) is 4.79 Å². The Balaban J connectivity index is 3.12. The fourth-order valence-electron chi connectivity index (χ4n) is 1.85.